The van der Waals surface area contributed by atoms with E-state index in [2.05, 4.69) is 51.0 Å². The van der Waals surface area contributed by atoms with Crippen molar-refractivity contribution < 1.29 is 18.3 Å². The third-order valence-electron chi connectivity index (χ3n) is 6.91. The van der Waals surface area contributed by atoms with Gasteiger partial charge >= 0.3 is 12.0 Å². The minimum Gasteiger partial charge on any atom is -0.493 e. The Morgan fingerprint density at radius 2 is 1.10 bits per heavy atom. The predicted molar refractivity (Wildman–Crippen MR) is 188 cm³/mol. The molecule has 4 aromatic heterocycles. The van der Waals surface area contributed by atoms with Crippen LogP contribution in [0.15, 0.2) is 100 Å². The molecule has 15 heteroatoms. The molecule has 0 saturated heterocycles. The first-order valence-electron chi connectivity index (χ1n) is 15.1. The molecule has 0 radical (unpaired) electrons. The van der Waals surface area contributed by atoms with Crippen molar-refractivity contribution in [1.29, 1.82) is 0 Å². The first-order chi connectivity index (χ1) is 24.0. The zero-order chi connectivity index (χ0) is 34.2. The average molecular weight is 679 g/mol. The van der Waals surface area contributed by atoms with Gasteiger partial charge in [-0.25, -0.2) is 9.97 Å². The van der Waals surface area contributed by atoms with E-state index in [1.165, 1.54) is 0 Å². The molecule has 0 spiro atoms. The summed E-state index contributed by atoms with van der Waals surface area (Å²) in [5.74, 6) is 2.11. The van der Waals surface area contributed by atoms with Gasteiger partial charge in [-0.2, -0.15) is 0 Å². The Hall–Kier alpha value is -6.41. The fraction of sp³-hybridized carbons (Fsp3) is 0.118. The lowest BCUT2D eigenvalue weighted by Gasteiger charge is -2.09. The molecule has 0 fully saturated rings. The molecule has 4 heterocycles. The summed E-state index contributed by atoms with van der Waals surface area (Å²) in [6.07, 6.45) is 3.29. The Bertz CT molecular complexity index is 2280. The van der Waals surface area contributed by atoms with Crippen LogP contribution in [0.1, 0.15) is 13.8 Å². The first kappa shape index (κ1) is 32.5. The summed E-state index contributed by atoms with van der Waals surface area (Å²) in [6, 6.07) is 24.7. The van der Waals surface area contributed by atoms with Crippen LogP contribution in [-0.4, -0.2) is 54.6 Å². The number of ether oxygens (including phenoxy) is 2. The molecule has 0 amide bonds. The second-order valence-electron chi connectivity index (χ2n) is 9.92. The zero-order valence-corrected chi connectivity index (χ0v) is 27.6. The van der Waals surface area contributed by atoms with E-state index in [1.807, 2.05) is 68.4 Å². The third-order valence-corrected chi connectivity index (χ3v) is 7.17. The Kier molecular flexibility index (Phi) is 9.96. The van der Waals surface area contributed by atoms with Crippen molar-refractivity contribution in [1.82, 2.24) is 40.3 Å². The molecule has 4 N–H and O–H groups in total. The van der Waals surface area contributed by atoms with Crippen LogP contribution >= 0.6 is 11.6 Å². The van der Waals surface area contributed by atoms with Gasteiger partial charge in [0, 0.05) is 33.6 Å². The van der Waals surface area contributed by atoms with E-state index in [9.17, 15) is 0 Å². The van der Waals surface area contributed by atoms with E-state index in [4.69, 9.17) is 29.9 Å². The topological polar surface area (TPSA) is 178 Å². The van der Waals surface area contributed by atoms with Crippen LogP contribution in [0.25, 0.3) is 45.0 Å². The molecule has 0 bridgehead atoms. The lowest BCUT2D eigenvalue weighted by molar-refractivity contribution is 0.355. The maximum Gasteiger partial charge on any atom is 0.320 e. The number of methoxy groups -OCH3 is 2. The Morgan fingerprint density at radius 3 is 1.63 bits per heavy atom. The first-order valence-corrected chi connectivity index (χ1v) is 15.5. The van der Waals surface area contributed by atoms with Crippen LogP contribution in [0.5, 0.6) is 11.5 Å². The maximum atomic E-state index is 5.85. The van der Waals surface area contributed by atoms with Crippen molar-refractivity contribution in [3.63, 3.8) is 0 Å². The van der Waals surface area contributed by atoms with Gasteiger partial charge in [0.05, 0.1) is 48.9 Å². The van der Waals surface area contributed by atoms with Crippen molar-refractivity contribution in [3.8, 4) is 34.4 Å². The summed E-state index contributed by atoms with van der Waals surface area (Å²) in [7, 11) is 3.17. The number of halogens is 1. The molecule has 0 unspecified atom stereocenters. The smallest absolute Gasteiger partial charge is 0.320 e. The Labute approximate surface area is 284 Å². The standard InChI is InChI=1S/C17H15N5O3.C15H10ClN5O.C2H6/c1-23-14-6-4-11(8-15(14)24-2)20-17-22-21-16(25-17)10-3-5-12-13(7-10)19-9-18-12;16-10-2-4-11(5-3-10)19-15-21-20-14(22-15)9-1-6-12-13(7-9)18-8-17-12;1-2/h3-9H,1-2H3,(H,18,19)(H,20,22);1-8H,(H,17,18)(H,19,21);1-2H3. The molecule has 49 heavy (non-hydrogen) atoms. The monoisotopic (exact) mass is 678 g/mol. The van der Waals surface area contributed by atoms with E-state index in [0.29, 0.717) is 34.3 Å². The number of aromatic nitrogens is 8. The number of hydrogen-bond acceptors (Lipinski definition) is 12. The highest BCUT2D eigenvalue weighted by Gasteiger charge is 2.12. The van der Waals surface area contributed by atoms with Crippen LogP contribution in [0.4, 0.5) is 23.4 Å². The summed E-state index contributed by atoms with van der Waals surface area (Å²) in [5, 5.41) is 22.9. The second kappa shape index (κ2) is 15.0. The van der Waals surface area contributed by atoms with Crippen LogP contribution < -0.4 is 20.1 Å². The van der Waals surface area contributed by atoms with Gasteiger partial charge < -0.3 is 38.9 Å². The highest BCUT2D eigenvalue weighted by atomic mass is 35.5. The van der Waals surface area contributed by atoms with Gasteiger partial charge in [0.1, 0.15) is 0 Å². The van der Waals surface area contributed by atoms with Gasteiger partial charge in [0.2, 0.25) is 11.8 Å². The zero-order valence-electron chi connectivity index (χ0n) is 26.9. The second-order valence-corrected chi connectivity index (χ2v) is 10.4. The molecule has 4 aromatic carbocycles. The summed E-state index contributed by atoms with van der Waals surface area (Å²) in [5.41, 5.74) is 6.81. The van der Waals surface area contributed by atoms with Gasteiger partial charge in [0.25, 0.3) is 0 Å². The maximum absolute atomic E-state index is 5.85. The number of H-pyrrole nitrogens is 2. The van der Waals surface area contributed by atoms with Crippen LogP contribution in [0.3, 0.4) is 0 Å². The molecule has 8 rings (SSSR count). The fourth-order valence-corrected chi connectivity index (χ4v) is 4.74. The summed E-state index contributed by atoms with van der Waals surface area (Å²) in [4.78, 5) is 14.5. The van der Waals surface area contributed by atoms with Gasteiger partial charge in [-0.1, -0.05) is 35.6 Å². The van der Waals surface area contributed by atoms with Crippen molar-refractivity contribution in [3.05, 3.63) is 96.5 Å². The lowest BCUT2D eigenvalue weighted by atomic mass is 10.2. The quantitative estimate of drug-likeness (QED) is 0.121. The number of aromatic amines is 2. The minimum absolute atomic E-state index is 0.284. The molecule has 14 nitrogen and oxygen atoms in total. The van der Waals surface area contributed by atoms with Crippen LogP contribution in [0, 0.1) is 0 Å². The van der Waals surface area contributed by atoms with E-state index in [0.717, 1.165) is 44.6 Å². The SMILES string of the molecule is CC.COc1ccc(Nc2nnc(-c3ccc4nc[nH]c4c3)o2)cc1OC.Clc1ccc(Nc2nnc(-c3ccc4nc[nH]c4c3)o2)cc1. The number of fused-ring (bicyclic) bond motifs is 2. The number of anilines is 4. The van der Waals surface area contributed by atoms with Crippen molar-refractivity contribution in [2.75, 3.05) is 24.9 Å². The molecule has 248 valence electrons. The number of hydrogen-bond donors (Lipinski definition) is 4. The van der Waals surface area contributed by atoms with Crippen molar-refractivity contribution in [2.24, 2.45) is 0 Å². The van der Waals surface area contributed by atoms with Crippen molar-refractivity contribution in [2.45, 2.75) is 13.8 Å². The van der Waals surface area contributed by atoms with E-state index in [-0.39, 0.29) is 6.01 Å². The van der Waals surface area contributed by atoms with Crippen LogP contribution in [0.2, 0.25) is 5.02 Å². The average Bonchev–Trinajstić information content (AvgIpc) is 3.97. The van der Waals surface area contributed by atoms with E-state index >= 15 is 0 Å². The highest BCUT2D eigenvalue weighted by molar-refractivity contribution is 6.30. The lowest BCUT2D eigenvalue weighted by Crippen LogP contribution is -1.94. The number of rotatable bonds is 8. The molecule has 0 atom stereocenters. The van der Waals surface area contributed by atoms with E-state index in [1.54, 1.807) is 51.1 Å². The van der Waals surface area contributed by atoms with Gasteiger partial charge in [-0.3, -0.25) is 0 Å². The molecule has 8 aromatic rings. The summed E-state index contributed by atoms with van der Waals surface area (Å²) >= 11 is 5.85. The van der Waals surface area contributed by atoms with Gasteiger partial charge in [-0.15, -0.1) is 10.2 Å². The normalized spacial score (nSPS) is 10.6. The molecule has 0 aliphatic rings. The molecular formula is C34H31ClN10O4. The van der Waals surface area contributed by atoms with Gasteiger partial charge in [-0.05, 0) is 72.8 Å². The fourth-order valence-electron chi connectivity index (χ4n) is 4.61. The third kappa shape index (κ3) is 7.60. The molecule has 0 saturated carbocycles. The van der Waals surface area contributed by atoms with Crippen molar-refractivity contribution >= 4 is 57.1 Å². The highest BCUT2D eigenvalue weighted by Crippen LogP contribution is 2.32. The van der Waals surface area contributed by atoms with E-state index < -0.39 is 0 Å². The van der Waals surface area contributed by atoms with Crippen LogP contribution in [-0.2, 0) is 0 Å². The molecule has 0 aliphatic heterocycles. The number of nitrogens with zero attached hydrogens (tertiary/aromatic N) is 6. The largest absolute Gasteiger partial charge is 0.493 e. The summed E-state index contributed by atoms with van der Waals surface area (Å²) < 4.78 is 21.8. The summed E-state index contributed by atoms with van der Waals surface area (Å²) in [6.45, 7) is 4.00. The Balaban J connectivity index is 0.000000163. The number of nitrogens with one attached hydrogen (secondary N) is 4. The predicted octanol–water partition coefficient (Wildman–Crippen LogP) is 8.41. The molecular weight excluding hydrogens is 648 g/mol. The molecule has 0 aliphatic carbocycles. The number of imidazole rings is 2. The number of benzene rings is 4. The Morgan fingerprint density at radius 1 is 0.592 bits per heavy atom. The minimum atomic E-state index is 0.284. The van der Waals surface area contributed by atoms with Gasteiger partial charge in [0.15, 0.2) is 11.5 Å².